The lowest BCUT2D eigenvalue weighted by Gasteiger charge is -2.23. The second-order valence-corrected chi connectivity index (χ2v) is 10.5. The van der Waals surface area contributed by atoms with Crippen LogP contribution in [0.15, 0.2) is 77.7 Å². The lowest BCUT2D eigenvalue weighted by atomic mass is 9.85. The zero-order chi connectivity index (χ0) is 26.9. The van der Waals surface area contributed by atoms with Crippen LogP contribution in [-0.2, 0) is 18.4 Å². The van der Waals surface area contributed by atoms with E-state index in [2.05, 4.69) is 27.5 Å². The van der Waals surface area contributed by atoms with Crippen LogP contribution >= 0.6 is 0 Å². The molecule has 0 fully saturated rings. The third-order valence-electron chi connectivity index (χ3n) is 6.72. The number of halogens is 1. The molecule has 0 saturated heterocycles. The fraction of sp³-hybridized carbons (Fsp3) is 0.267. The maximum absolute atomic E-state index is 15.2. The molecule has 5 rings (SSSR count). The van der Waals surface area contributed by atoms with Crippen LogP contribution in [0.4, 0.5) is 4.39 Å². The molecule has 0 radical (unpaired) electrons. The second-order valence-electron chi connectivity index (χ2n) is 10.5. The zero-order valence-corrected chi connectivity index (χ0v) is 22.1. The molecule has 0 amide bonds. The van der Waals surface area contributed by atoms with Crippen molar-refractivity contribution < 1.29 is 4.39 Å². The highest BCUT2D eigenvalue weighted by Gasteiger charge is 2.24. The summed E-state index contributed by atoms with van der Waals surface area (Å²) in [6, 6.07) is 21.0. The number of para-hydroxylation sites is 1. The van der Waals surface area contributed by atoms with Crippen molar-refractivity contribution in [1.29, 1.82) is 0 Å². The fourth-order valence-corrected chi connectivity index (χ4v) is 4.86. The number of H-pyrrole nitrogens is 1. The van der Waals surface area contributed by atoms with Gasteiger partial charge in [-0.25, -0.2) is 9.18 Å². The number of tetrazole rings is 1. The predicted octanol–water partition coefficient (Wildman–Crippen LogP) is 5.92. The number of aryl methyl sites for hydroxylation is 1. The van der Waals surface area contributed by atoms with Crippen molar-refractivity contribution in [3.63, 3.8) is 0 Å². The Bertz CT molecular complexity index is 1610. The van der Waals surface area contributed by atoms with Gasteiger partial charge in [-0.1, -0.05) is 94.8 Å². The van der Waals surface area contributed by atoms with Gasteiger partial charge in [-0.2, -0.15) is 5.21 Å². The van der Waals surface area contributed by atoms with Gasteiger partial charge in [0, 0.05) is 17.5 Å². The second kappa shape index (κ2) is 10.2. The van der Waals surface area contributed by atoms with Crippen LogP contribution in [0.1, 0.15) is 50.9 Å². The summed E-state index contributed by atoms with van der Waals surface area (Å²) in [5.74, 6) is 0.133. The molecule has 194 valence electrons. The highest BCUT2D eigenvalue weighted by molar-refractivity contribution is 5.80. The molecule has 3 aromatic carbocycles. The lowest BCUT2D eigenvalue weighted by Crippen LogP contribution is -2.27. The van der Waals surface area contributed by atoms with Crippen molar-refractivity contribution in [2.24, 2.45) is 0 Å². The molecule has 1 N–H and O–H groups in total. The first-order chi connectivity index (χ1) is 18.3. The van der Waals surface area contributed by atoms with Gasteiger partial charge in [0.2, 0.25) is 5.82 Å². The lowest BCUT2D eigenvalue weighted by molar-refractivity contribution is 0.560. The summed E-state index contributed by atoms with van der Waals surface area (Å²) in [6.45, 7) is 8.55. The molecule has 0 atom stereocenters. The summed E-state index contributed by atoms with van der Waals surface area (Å²) in [7, 11) is 0. The summed E-state index contributed by atoms with van der Waals surface area (Å²) in [5.41, 5.74) is 5.30. The third kappa shape index (κ3) is 4.81. The van der Waals surface area contributed by atoms with E-state index in [1.165, 1.54) is 10.6 Å². The number of nitrogens with one attached hydrogen (secondary N) is 1. The van der Waals surface area contributed by atoms with Crippen molar-refractivity contribution in [2.45, 2.75) is 52.5 Å². The highest BCUT2D eigenvalue weighted by Crippen LogP contribution is 2.31. The number of aromatic nitrogens is 6. The summed E-state index contributed by atoms with van der Waals surface area (Å²) in [5, 5.41) is 14.4. The maximum atomic E-state index is 15.2. The number of benzene rings is 3. The topological polar surface area (TPSA) is 81.4 Å². The zero-order valence-electron chi connectivity index (χ0n) is 22.1. The molecule has 2 heterocycles. The first-order valence-corrected chi connectivity index (χ1v) is 12.8. The van der Waals surface area contributed by atoms with E-state index in [1.54, 1.807) is 16.8 Å². The molecule has 0 spiro atoms. The van der Waals surface area contributed by atoms with Crippen LogP contribution in [0.2, 0.25) is 0 Å². The van der Waals surface area contributed by atoms with Gasteiger partial charge in [0.05, 0.1) is 12.2 Å². The van der Waals surface area contributed by atoms with E-state index < -0.39 is 5.82 Å². The van der Waals surface area contributed by atoms with Gasteiger partial charge < -0.3 is 0 Å². The minimum absolute atomic E-state index is 0.240. The number of nitrogens with zero attached hydrogens (tertiary/aromatic N) is 5. The summed E-state index contributed by atoms with van der Waals surface area (Å²) in [6.07, 6.45) is 3.39. The van der Waals surface area contributed by atoms with Crippen LogP contribution in [0.25, 0.3) is 28.2 Å². The normalized spacial score (nSPS) is 11.7. The number of imidazole rings is 1. The molecule has 0 unspecified atom stereocenters. The Balaban J connectivity index is 1.52. The Hall–Kier alpha value is -4.33. The number of hydrogen-bond donors (Lipinski definition) is 1. The molecule has 8 heteroatoms. The van der Waals surface area contributed by atoms with Crippen LogP contribution in [0.3, 0.4) is 0 Å². The van der Waals surface area contributed by atoms with Gasteiger partial charge >= 0.3 is 5.69 Å². The predicted molar refractivity (Wildman–Crippen MR) is 147 cm³/mol. The monoisotopic (exact) mass is 510 g/mol. The van der Waals surface area contributed by atoms with Gasteiger partial charge in [0.1, 0.15) is 5.82 Å². The molecule has 0 aliphatic carbocycles. The highest BCUT2D eigenvalue weighted by atomic mass is 19.1. The molecule has 38 heavy (non-hydrogen) atoms. The van der Waals surface area contributed by atoms with Crippen molar-refractivity contribution in [3.05, 3.63) is 106 Å². The largest absolute Gasteiger partial charge is 0.333 e. The van der Waals surface area contributed by atoms with Crippen LogP contribution in [0.5, 0.6) is 0 Å². The van der Waals surface area contributed by atoms with Crippen LogP contribution in [-0.4, -0.2) is 29.8 Å². The van der Waals surface area contributed by atoms with Gasteiger partial charge in [-0.05, 0) is 45.4 Å². The average Bonchev–Trinajstić information content (AvgIpc) is 3.54. The van der Waals surface area contributed by atoms with E-state index >= 15 is 4.39 Å². The standard InChI is InChI=1S/C30H31FN6O/c1-5-9-22-19-37(27-25(30(2,3)4)12-8-13-26(27)31)29(38)36(22)18-20-14-16-21(17-15-20)23-10-6-7-11-24(23)28-32-34-35-33-28/h6-8,10-17,19H,5,9,18H2,1-4H3,(H,32,33,34,35). The van der Waals surface area contributed by atoms with Gasteiger partial charge in [-0.3, -0.25) is 9.13 Å². The molecular formula is C30H31FN6O. The Morgan fingerprint density at radius 3 is 2.34 bits per heavy atom. The SMILES string of the molecule is CCCc1cn(-c2c(F)cccc2C(C)(C)C)c(=O)n1Cc1ccc(-c2ccccc2-c2nn[nH]n2)cc1. The van der Waals surface area contributed by atoms with E-state index in [9.17, 15) is 4.79 Å². The van der Waals surface area contributed by atoms with Crippen LogP contribution in [0, 0.1) is 5.82 Å². The first kappa shape index (κ1) is 25.3. The summed E-state index contributed by atoms with van der Waals surface area (Å²) < 4.78 is 18.4. The maximum Gasteiger partial charge on any atom is 0.333 e. The van der Waals surface area contributed by atoms with Gasteiger partial charge in [-0.15, -0.1) is 10.2 Å². The number of rotatable bonds is 7. The first-order valence-electron chi connectivity index (χ1n) is 12.8. The number of hydrogen-bond acceptors (Lipinski definition) is 4. The van der Waals surface area contributed by atoms with Gasteiger partial charge in [0.15, 0.2) is 0 Å². The van der Waals surface area contributed by atoms with Crippen molar-refractivity contribution in [1.82, 2.24) is 29.8 Å². The van der Waals surface area contributed by atoms with E-state index in [0.717, 1.165) is 46.4 Å². The molecule has 0 saturated carbocycles. The molecule has 7 nitrogen and oxygen atoms in total. The van der Waals surface area contributed by atoms with E-state index in [4.69, 9.17) is 0 Å². The Morgan fingerprint density at radius 2 is 1.68 bits per heavy atom. The van der Waals surface area contributed by atoms with E-state index in [0.29, 0.717) is 18.1 Å². The van der Waals surface area contributed by atoms with E-state index in [-0.39, 0.29) is 11.1 Å². The average molecular weight is 511 g/mol. The number of aromatic amines is 1. The third-order valence-corrected chi connectivity index (χ3v) is 6.72. The smallest absolute Gasteiger partial charge is 0.292 e. The summed E-state index contributed by atoms with van der Waals surface area (Å²) >= 11 is 0. The van der Waals surface area contributed by atoms with Crippen LogP contribution < -0.4 is 5.69 Å². The molecular weight excluding hydrogens is 479 g/mol. The quantitative estimate of drug-likeness (QED) is 0.295. The molecule has 5 aromatic rings. The Labute approximate surface area is 221 Å². The Morgan fingerprint density at radius 1 is 0.947 bits per heavy atom. The minimum atomic E-state index is -0.399. The molecule has 0 bridgehead atoms. The summed E-state index contributed by atoms with van der Waals surface area (Å²) in [4.78, 5) is 13.7. The van der Waals surface area contributed by atoms with Crippen molar-refractivity contribution >= 4 is 0 Å². The fourth-order valence-electron chi connectivity index (χ4n) is 4.86. The van der Waals surface area contributed by atoms with Crippen molar-refractivity contribution in [2.75, 3.05) is 0 Å². The molecule has 0 aliphatic heterocycles. The Kier molecular flexibility index (Phi) is 6.80. The van der Waals surface area contributed by atoms with Crippen molar-refractivity contribution in [3.8, 4) is 28.2 Å². The van der Waals surface area contributed by atoms with E-state index in [1.807, 2.05) is 75.4 Å². The minimum Gasteiger partial charge on any atom is -0.292 e. The molecule has 0 aliphatic rings. The van der Waals surface area contributed by atoms with Gasteiger partial charge in [0.25, 0.3) is 0 Å². The molecule has 2 aromatic heterocycles.